The van der Waals surface area contributed by atoms with Gasteiger partial charge in [-0.1, -0.05) is 24.3 Å². The summed E-state index contributed by atoms with van der Waals surface area (Å²) in [6.45, 7) is 6.67. The van der Waals surface area contributed by atoms with Crippen molar-refractivity contribution in [3.8, 4) is 5.75 Å². The molecule has 28 heavy (non-hydrogen) atoms. The van der Waals surface area contributed by atoms with E-state index in [0.29, 0.717) is 18.8 Å². The summed E-state index contributed by atoms with van der Waals surface area (Å²) < 4.78 is 11.0. The molecule has 0 bridgehead atoms. The molecule has 0 saturated heterocycles. The molecule has 6 heteroatoms. The Balaban J connectivity index is 1.82. The third-order valence-corrected chi connectivity index (χ3v) is 5.06. The van der Waals surface area contributed by atoms with E-state index in [-0.39, 0.29) is 18.3 Å². The van der Waals surface area contributed by atoms with Crippen molar-refractivity contribution < 1.29 is 14.3 Å². The maximum atomic E-state index is 12.9. The van der Waals surface area contributed by atoms with Gasteiger partial charge in [-0.15, -0.1) is 0 Å². The van der Waals surface area contributed by atoms with Crippen molar-refractivity contribution >= 4 is 17.3 Å². The number of anilines is 2. The zero-order valence-electron chi connectivity index (χ0n) is 16.4. The fourth-order valence-electron chi connectivity index (χ4n) is 3.91. The lowest BCUT2D eigenvalue weighted by molar-refractivity contribution is -0.139. The molecule has 0 amide bonds. The molecule has 4 rings (SSSR count). The lowest BCUT2D eigenvalue weighted by atomic mass is 9.93. The van der Waals surface area contributed by atoms with E-state index in [9.17, 15) is 4.79 Å². The minimum Gasteiger partial charge on any atom is -0.494 e. The number of allylic oxidation sites excluding steroid dienone is 1. The highest BCUT2D eigenvalue weighted by atomic mass is 16.5. The zero-order chi connectivity index (χ0) is 19.7. The zero-order valence-corrected chi connectivity index (χ0v) is 16.4. The van der Waals surface area contributed by atoms with Gasteiger partial charge in [0.25, 0.3) is 0 Å². The van der Waals surface area contributed by atoms with E-state index < -0.39 is 0 Å². The summed E-state index contributed by atoms with van der Waals surface area (Å²) in [5.74, 6) is 0.518. The number of ether oxygens (including phenoxy) is 2. The number of carbonyl (C=O) groups is 1. The Bertz CT molecular complexity index is 907. The van der Waals surface area contributed by atoms with Crippen LogP contribution in [0.1, 0.15) is 32.4 Å². The molecule has 0 fully saturated rings. The van der Waals surface area contributed by atoms with Crippen molar-refractivity contribution in [1.82, 2.24) is 5.32 Å². The smallest absolute Gasteiger partial charge is 0.338 e. The molecule has 2 aromatic rings. The minimum atomic E-state index is -0.297. The summed E-state index contributed by atoms with van der Waals surface area (Å²) in [5.41, 5.74) is 4.54. The van der Waals surface area contributed by atoms with Gasteiger partial charge in [0.1, 0.15) is 5.75 Å². The normalized spacial score (nSPS) is 20.0. The number of esters is 1. The highest BCUT2D eigenvalue weighted by Crippen LogP contribution is 2.45. The number of carbonyl (C=O) groups excluding carboxylic acids is 1. The van der Waals surface area contributed by atoms with Gasteiger partial charge in [0.05, 0.1) is 36.2 Å². The SMILES string of the molecule is CCOC(=O)C1=C(C)NC2Nc3ccccc3N2C1c1ccc(OCC)cc1. The van der Waals surface area contributed by atoms with Crippen LogP contribution < -0.4 is 20.3 Å². The maximum absolute atomic E-state index is 12.9. The largest absolute Gasteiger partial charge is 0.494 e. The number of benzene rings is 2. The number of hydrogen-bond donors (Lipinski definition) is 2. The molecule has 146 valence electrons. The minimum absolute atomic E-state index is 0.132. The Labute approximate surface area is 165 Å². The molecule has 0 radical (unpaired) electrons. The monoisotopic (exact) mass is 379 g/mol. The number of nitrogens with zero attached hydrogens (tertiary/aromatic N) is 1. The number of para-hydroxylation sites is 2. The van der Waals surface area contributed by atoms with Crippen molar-refractivity contribution in [3.63, 3.8) is 0 Å². The van der Waals surface area contributed by atoms with Gasteiger partial charge >= 0.3 is 5.97 Å². The first-order valence-electron chi connectivity index (χ1n) is 9.65. The predicted octanol–water partition coefficient (Wildman–Crippen LogP) is 3.78. The quantitative estimate of drug-likeness (QED) is 0.771. The molecule has 0 aliphatic carbocycles. The van der Waals surface area contributed by atoms with Crippen LogP contribution in [0.15, 0.2) is 59.8 Å². The van der Waals surface area contributed by atoms with Gasteiger partial charge in [0, 0.05) is 5.70 Å². The second kappa shape index (κ2) is 7.46. The lowest BCUT2D eigenvalue weighted by Gasteiger charge is -2.41. The number of rotatable bonds is 5. The van der Waals surface area contributed by atoms with Gasteiger partial charge in [-0.2, -0.15) is 0 Å². The lowest BCUT2D eigenvalue weighted by Crippen LogP contribution is -2.53. The van der Waals surface area contributed by atoms with Gasteiger partial charge in [-0.3, -0.25) is 0 Å². The van der Waals surface area contributed by atoms with E-state index in [1.54, 1.807) is 0 Å². The van der Waals surface area contributed by atoms with E-state index in [1.807, 2.05) is 63.2 Å². The molecular formula is C22H25N3O3. The van der Waals surface area contributed by atoms with Crippen LogP contribution in [0, 0.1) is 0 Å². The van der Waals surface area contributed by atoms with Crippen molar-refractivity contribution in [1.29, 1.82) is 0 Å². The van der Waals surface area contributed by atoms with Gasteiger partial charge in [-0.25, -0.2) is 4.79 Å². The Kier molecular flexibility index (Phi) is 4.86. The number of hydrogen-bond acceptors (Lipinski definition) is 6. The summed E-state index contributed by atoms with van der Waals surface area (Å²) in [6, 6.07) is 15.8. The molecular weight excluding hydrogens is 354 g/mol. The summed E-state index contributed by atoms with van der Waals surface area (Å²) in [6.07, 6.45) is -0.132. The molecule has 0 spiro atoms. The molecule has 2 unspecified atom stereocenters. The van der Waals surface area contributed by atoms with Crippen LogP contribution in [0.5, 0.6) is 5.75 Å². The molecule has 2 atom stereocenters. The highest BCUT2D eigenvalue weighted by Gasteiger charge is 2.43. The van der Waals surface area contributed by atoms with E-state index in [2.05, 4.69) is 21.6 Å². The van der Waals surface area contributed by atoms with E-state index in [4.69, 9.17) is 9.47 Å². The van der Waals surface area contributed by atoms with Crippen LogP contribution in [0.2, 0.25) is 0 Å². The Hall–Kier alpha value is -3.15. The molecule has 2 aliphatic rings. The first kappa shape index (κ1) is 18.2. The van der Waals surface area contributed by atoms with Crippen LogP contribution in [-0.2, 0) is 9.53 Å². The Morgan fingerprint density at radius 1 is 1.04 bits per heavy atom. The summed E-state index contributed by atoms with van der Waals surface area (Å²) in [5, 5.41) is 6.91. The van der Waals surface area contributed by atoms with Crippen molar-refractivity contribution in [2.45, 2.75) is 33.1 Å². The van der Waals surface area contributed by atoms with Crippen molar-refractivity contribution in [3.05, 3.63) is 65.4 Å². The first-order valence-corrected chi connectivity index (χ1v) is 9.65. The fraction of sp³-hybridized carbons (Fsp3) is 0.318. The average molecular weight is 379 g/mol. The third-order valence-electron chi connectivity index (χ3n) is 5.06. The van der Waals surface area contributed by atoms with E-state index in [0.717, 1.165) is 28.4 Å². The van der Waals surface area contributed by atoms with Crippen LogP contribution in [-0.4, -0.2) is 25.5 Å². The van der Waals surface area contributed by atoms with Crippen molar-refractivity contribution in [2.24, 2.45) is 0 Å². The first-order chi connectivity index (χ1) is 13.6. The third kappa shape index (κ3) is 3.05. The topological polar surface area (TPSA) is 62.8 Å². The highest BCUT2D eigenvalue weighted by molar-refractivity contribution is 5.93. The van der Waals surface area contributed by atoms with Crippen LogP contribution >= 0.6 is 0 Å². The molecule has 2 aliphatic heterocycles. The average Bonchev–Trinajstić information content (AvgIpc) is 3.06. The summed E-state index contributed by atoms with van der Waals surface area (Å²) >= 11 is 0. The second-order valence-electron chi connectivity index (χ2n) is 6.78. The maximum Gasteiger partial charge on any atom is 0.338 e. The number of fused-ring (bicyclic) bond motifs is 3. The molecule has 6 nitrogen and oxygen atoms in total. The fourth-order valence-corrected chi connectivity index (χ4v) is 3.91. The van der Waals surface area contributed by atoms with Crippen LogP contribution in [0.25, 0.3) is 0 Å². The Morgan fingerprint density at radius 2 is 1.79 bits per heavy atom. The second-order valence-corrected chi connectivity index (χ2v) is 6.78. The molecule has 0 aromatic heterocycles. The molecule has 0 saturated carbocycles. The standard InChI is InChI=1S/C22H25N3O3/c1-4-27-16-12-10-15(11-13-16)20-19(21(26)28-5-2)14(3)23-22-24-17-8-6-7-9-18(17)25(20)22/h6-13,20,22-24H,4-5H2,1-3H3. The van der Waals surface area contributed by atoms with Gasteiger partial charge in [0.15, 0.2) is 6.29 Å². The van der Waals surface area contributed by atoms with Crippen LogP contribution in [0.4, 0.5) is 11.4 Å². The van der Waals surface area contributed by atoms with Gasteiger partial charge in [-0.05, 0) is 50.6 Å². The van der Waals surface area contributed by atoms with E-state index in [1.165, 1.54) is 0 Å². The Morgan fingerprint density at radius 3 is 2.50 bits per heavy atom. The summed E-state index contributed by atoms with van der Waals surface area (Å²) in [4.78, 5) is 15.1. The van der Waals surface area contributed by atoms with Crippen LogP contribution in [0.3, 0.4) is 0 Å². The molecule has 2 heterocycles. The number of nitrogens with one attached hydrogen (secondary N) is 2. The summed E-state index contributed by atoms with van der Waals surface area (Å²) in [7, 11) is 0. The van der Waals surface area contributed by atoms with E-state index >= 15 is 0 Å². The predicted molar refractivity (Wildman–Crippen MR) is 109 cm³/mol. The van der Waals surface area contributed by atoms with Crippen molar-refractivity contribution in [2.75, 3.05) is 23.4 Å². The molecule has 2 aromatic carbocycles. The van der Waals surface area contributed by atoms with Gasteiger partial charge in [0.2, 0.25) is 0 Å². The molecule has 2 N–H and O–H groups in total. The van der Waals surface area contributed by atoms with Gasteiger partial charge < -0.3 is 25.0 Å².